The molecular formula is C19H18BrN3O. The molecular weight excluding hydrogens is 366 g/mol. The quantitative estimate of drug-likeness (QED) is 0.561. The fourth-order valence-electron chi connectivity index (χ4n) is 2.03. The molecule has 0 atom stereocenters. The minimum absolute atomic E-state index is 0.00121. The van der Waals surface area contributed by atoms with E-state index in [2.05, 4.69) is 40.4 Å². The minimum Gasteiger partial charge on any atom is -0.359 e. The highest BCUT2D eigenvalue weighted by Gasteiger charge is 2.10. The smallest absolute Gasteiger partial charge is 0.267 e. The predicted molar refractivity (Wildman–Crippen MR) is 101 cm³/mol. The van der Waals surface area contributed by atoms with Gasteiger partial charge in [0.15, 0.2) is 0 Å². The van der Waals surface area contributed by atoms with Crippen LogP contribution in [-0.2, 0) is 4.79 Å². The molecule has 5 heteroatoms. The van der Waals surface area contributed by atoms with Crippen molar-refractivity contribution in [1.82, 2.24) is 0 Å². The lowest BCUT2D eigenvalue weighted by atomic mass is 10.0. The van der Waals surface area contributed by atoms with E-state index in [1.54, 1.807) is 0 Å². The Morgan fingerprint density at radius 1 is 1.17 bits per heavy atom. The van der Waals surface area contributed by atoms with Crippen LogP contribution in [0.2, 0.25) is 0 Å². The lowest BCUT2D eigenvalue weighted by molar-refractivity contribution is -0.112. The number of carbonyl (C=O) groups excluding carboxylic acids is 1. The molecule has 0 aliphatic heterocycles. The maximum absolute atomic E-state index is 12.2. The van der Waals surface area contributed by atoms with Gasteiger partial charge in [0, 0.05) is 16.4 Å². The second-order valence-corrected chi connectivity index (χ2v) is 6.38. The number of nitrogens with one attached hydrogen (secondary N) is 2. The van der Waals surface area contributed by atoms with Gasteiger partial charge in [0.1, 0.15) is 11.6 Å². The zero-order valence-electron chi connectivity index (χ0n) is 13.5. The van der Waals surface area contributed by atoms with Crippen LogP contribution in [0.3, 0.4) is 0 Å². The SMILES string of the molecule is CC(C)c1ccc(NC(=O)/C(C#N)=C\Nc2ccccc2Br)cc1. The van der Waals surface area contributed by atoms with Crippen molar-refractivity contribution < 1.29 is 4.79 Å². The Hall–Kier alpha value is -2.58. The number of nitriles is 1. The Labute approximate surface area is 150 Å². The third-order valence-corrected chi connectivity index (χ3v) is 4.14. The van der Waals surface area contributed by atoms with Crippen LogP contribution in [0, 0.1) is 11.3 Å². The lowest BCUT2D eigenvalue weighted by Crippen LogP contribution is -2.14. The highest BCUT2D eigenvalue weighted by molar-refractivity contribution is 9.10. The van der Waals surface area contributed by atoms with Crippen molar-refractivity contribution >= 4 is 33.2 Å². The molecule has 0 saturated carbocycles. The standard InChI is InChI=1S/C19H18BrN3O/c1-13(2)14-7-9-16(10-8-14)23-19(24)15(11-21)12-22-18-6-4-3-5-17(18)20/h3-10,12-13,22H,1-2H3,(H,23,24)/b15-12-. The Kier molecular flexibility index (Phi) is 6.16. The molecule has 1 amide bonds. The zero-order valence-corrected chi connectivity index (χ0v) is 15.1. The van der Waals surface area contributed by atoms with Crippen molar-refractivity contribution in [2.75, 3.05) is 10.6 Å². The van der Waals surface area contributed by atoms with E-state index < -0.39 is 5.91 Å². The van der Waals surface area contributed by atoms with Gasteiger partial charge in [0.05, 0.1) is 5.69 Å². The van der Waals surface area contributed by atoms with E-state index in [9.17, 15) is 10.1 Å². The van der Waals surface area contributed by atoms with Gasteiger partial charge < -0.3 is 10.6 Å². The number of para-hydroxylation sites is 1. The van der Waals surface area contributed by atoms with Gasteiger partial charge in [0.2, 0.25) is 0 Å². The molecule has 0 heterocycles. The molecule has 2 rings (SSSR count). The molecule has 24 heavy (non-hydrogen) atoms. The molecule has 0 bridgehead atoms. The van der Waals surface area contributed by atoms with Crippen LogP contribution in [0.4, 0.5) is 11.4 Å². The number of halogens is 1. The molecule has 0 spiro atoms. The molecule has 2 aromatic rings. The first kappa shape index (κ1) is 17.8. The van der Waals surface area contributed by atoms with Crippen molar-refractivity contribution in [3.8, 4) is 6.07 Å². The number of nitrogens with zero attached hydrogens (tertiary/aromatic N) is 1. The number of hydrogen-bond donors (Lipinski definition) is 2. The Bertz CT molecular complexity index is 789. The van der Waals surface area contributed by atoms with Gasteiger partial charge in [-0.2, -0.15) is 5.26 Å². The maximum Gasteiger partial charge on any atom is 0.267 e. The summed E-state index contributed by atoms with van der Waals surface area (Å²) in [6.07, 6.45) is 1.40. The van der Waals surface area contributed by atoms with Crippen LogP contribution in [0.25, 0.3) is 0 Å². The van der Waals surface area contributed by atoms with Crippen LogP contribution in [-0.4, -0.2) is 5.91 Å². The average Bonchev–Trinajstić information content (AvgIpc) is 2.57. The molecule has 122 valence electrons. The third-order valence-electron chi connectivity index (χ3n) is 3.45. The van der Waals surface area contributed by atoms with Gasteiger partial charge in [0.25, 0.3) is 5.91 Å². The second-order valence-electron chi connectivity index (χ2n) is 5.52. The fourth-order valence-corrected chi connectivity index (χ4v) is 2.43. The molecule has 2 N–H and O–H groups in total. The van der Waals surface area contributed by atoms with Gasteiger partial charge in [-0.15, -0.1) is 0 Å². The van der Waals surface area contributed by atoms with E-state index in [4.69, 9.17) is 0 Å². The van der Waals surface area contributed by atoms with Crippen molar-refractivity contribution in [3.05, 3.63) is 70.3 Å². The summed E-state index contributed by atoms with van der Waals surface area (Å²) in [6, 6.07) is 17.0. The van der Waals surface area contributed by atoms with E-state index in [-0.39, 0.29) is 5.57 Å². The van der Waals surface area contributed by atoms with E-state index in [0.29, 0.717) is 11.6 Å². The van der Waals surface area contributed by atoms with Crippen molar-refractivity contribution in [2.45, 2.75) is 19.8 Å². The third kappa shape index (κ3) is 4.71. The summed E-state index contributed by atoms with van der Waals surface area (Å²) in [5, 5.41) is 14.9. The summed E-state index contributed by atoms with van der Waals surface area (Å²) >= 11 is 3.40. The molecule has 0 aliphatic rings. The Morgan fingerprint density at radius 2 is 1.83 bits per heavy atom. The van der Waals surface area contributed by atoms with Gasteiger partial charge in [-0.3, -0.25) is 4.79 Å². The number of benzene rings is 2. The van der Waals surface area contributed by atoms with Crippen LogP contribution in [0.15, 0.2) is 64.8 Å². The normalized spacial score (nSPS) is 11.0. The van der Waals surface area contributed by atoms with E-state index in [0.717, 1.165) is 10.2 Å². The van der Waals surface area contributed by atoms with Crippen molar-refractivity contribution in [1.29, 1.82) is 5.26 Å². The Balaban J connectivity index is 2.07. The average molecular weight is 384 g/mol. The fraction of sp³-hybridized carbons (Fsp3) is 0.158. The molecule has 0 radical (unpaired) electrons. The van der Waals surface area contributed by atoms with Gasteiger partial charge in [-0.05, 0) is 51.7 Å². The summed E-state index contributed by atoms with van der Waals surface area (Å²) < 4.78 is 0.850. The molecule has 0 saturated heterocycles. The summed E-state index contributed by atoms with van der Waals surface area (Å²) in [5.41, 5.74) is 2.63. The molecule has 4 nitrogen and oxygen atoms in total. The topological polar surface area (TPSA) is 64.9 Å². The largest absolute Gasteiger partial charge is 0.359 e. The highest BCUT2D eigenvalue weighted by Crippen LogP contribution is 2.21. The van der Waals surface area contributed by atoms with Gasteiger partial charge in [-0.1, -0.05) is 38.1 Å². The molecule has 0 fully saturated rings. The lowest BCUT2D eigenvalue weighted by Gasteiger charge is -2.08. The van der Waals surface area contributed by atoms with Crippen LogP contribution >= 0.6 is 15.9 Å². The van der Waals surface area contributed by atoms with Crippen molar-refractivity contribution in [3.63, 3.8) is 0 Å². The zero-order chi connectivity index (χ0) is 17.5. The first-order valence-electron chi connectivity index (χ1n) is 7.54. The van der Waals surface area contributed by atoms with Gasteiger partial charge in [-0.25, -0.2) is 0 Å². The number of carbonyl (C=O) groups is 1. The van der Waals surface area contributed by atoms with Crippen LogP contribution in [0.5, 0.6) is 0 Å². The summed E-state index contributed by atoms with van der Waals surface area (Å²) in [7, 11) is 0. The minimum atomic E-state index is -0.450. The van der Waals surface area contributed by atoms with Gasteiger partial charge >= 0.3 is 0 Å². The Morgan fingerprint density at radius 3 is 2.42 bits per heavy atom. The number of hydrogen-bond acceptors (Lipinski definition) is 3. The van der Waals surface area contributed by atoms with E-state index in [1.165, 1.54) is 11.8 Å². The van der Waals surface area contributed by atoms with Crippen LogP contribution < -0.4 is 10.6 Å². The predicted octanol–water partition coefficient (Wildman–Crippen LogP) is 5.03. The van der Waals surface area contributed by atoms with E-state index in [1.807, 2.05) is 54.6 Å². The molecule has 0 aromatic heterocycles. The second kappa shape index (κ2) is 8.32. The molecule has 2 aromatic carbocycles. The monoisotopic (exact) mass is 383 g/mol. The highest BCUT2D eigenvalue weighted by atomic mass is 79.9. The van der Waals surface area contributed by atoms with E-state index >= 15 is 0 Å². The molecule has 0 aliphatic carbocycles. The van der Waals surface area contributed by atoms with Crippen molar-refractivity contribution in [2.24, 2.45) is 0 Å². The first-order valence-corrected chi connectivity index (χ1v) is 8.33. The number of amides is 1. The van der Waals surface area contributed by atoms with Crippen LogP contribution in [0.1, 0.15) is 25.3 Å². The number of anilines is 2. The molecule has 0 unspecified atom stereocenters. The first-order chi connectivity index (χ1) is 11.5. The maximum atomic E-state index is 12.2. The summed E-state index contributed by atoms with van der Waals surface area (Å²) in [4.78, 5) is 12.2. The summed E-state index contributed by atoms with van der Waals surface area (Å²) in [6.45, 7) is 4.22. The number of rotatable bonds is 5. The summed E-state index contributed by atoms with van der Waals surface area (Å²) in [5.74, 6) is -0.0211.